The largest absolute Gasteiger partial charge is 0.454 e. The topological polar surface area (TPSA) is 80.9 Å². The van der Waals surface area contributed by atoms with Crippen LogP contribution in [0.25, 0.3) is 11.4 Å². The van der Waals surface area contributed by atoms with E-state index in [1.54, 1.807) is 37.3 Å². The van der Waals surface area contributed by atoms with Crippen molar-refractivity contribution < 1.29 is 23.2 Å². The van der Waals surface area contributed by atoms with Crippen molar-refractivity contribution in [3.63, 3.8) is 0 Å². The molecule has 0 radical (unpaired) electrons. The lowest BCUT2D eigenvalue weighted by Crippen LogP contribution is -2.49. The Balaban J connectivity index is 1.22. The summed E-state index contributed by atoms with van der Waals surface area (Å²) >= 11 is 0. The molecule has 9 heteroatoms. The van der Waals surface area contributed by atoms with E-state index in [1.165, 1.54) is 6.07 Å². The van der Waals surface area contributed by atoms with Gasteiger partial charge in [-0.15, -0.1) is 0 Å². The summed E-state index contributed by atoms with van der Waals surface area (Å²) in [6.45, 7) is 6.40. The highest BCUT2D eigenvalue weighted by Gasteiger charge is 2.29. The van der Waals surface area contributed by atoms with E-state index >= 15 is 0 Å². The van der Waals surface area contributed by atoms with Gasteiger partial charge in [-0.05, 0) is 43.7 Å². The maximum absolute atomic E-state index is 13.9. The molecule has 166 valence electrons. The molecular formula is C23H23FN4O4. The Morgan fingerprint density at radius 1 is 1.06 bits per heavy atom. The molecule has 2 aliphatic heterocycles. The van der Waals surface area contributed by atoms with Crippen LogP contribution in [0.1, 0.15) is 34.8 Å². The second kappa shape index (κ2) is 8.23. The van der Waals surface area contributed by atoms with Gasteiger partial charge in [-0.3, -0.25) is 9.69 Å². The number of fused-ring (bicyclic) bond motifs is 1. The van der Waals surface area contributed by atoms with Crippen molar-refractivity contribution in [2.24, 2.45) is 0 Å². The third kappa shape index (κ3) is 3.80. The molecule has 0 saturated carbocycles. The molecule has 0 N–H and O–H groups in total. The minimum Gasteiger partial charge on any atom is -0.454 e. The molecule has 8 nitrogen and oxygen atoms in total. The van der Waals surface area contributed by atoms with Gasteiger partial charge in [0.2, 0.25) is 18.5 Å². The Hall–Kier alpha value is -3.46. The van der Waals surface area contributed by atoms with Gasteiger partial charge < -0.3 is 18.9 Å². The predicted octanol–water partition coefficient (Wildman–Crippen LogP) is 3.43. The smallest absolute Gasteiger partial charge is 0.254 e. The van der Waals surface area contributed by atoms with Gasteiger partial charge in [0.1, 0.15) is 5.82 Å². The fourth-order valence-corrected chi connectivity index (χ4v) is 3.93. The quantitative estimate of drug-likeness (QED) is 0.617. The average Bonchev–Trinajstić information content (AvgIpc) is 3.49. The van der Waals surface area contributed by atoms with Gasteiger partial charge in [-0.2, -0.15) is 4.98 Å². The van der Waals surface area contributed by atoms with Crippen molar-refractivity contribution >= 4 is 5.91 Å². The van der Waals surface area contributed by atoms with Gasteiger partial charge in [-0.1, -0.05) is 17.3 Å². The molecule has 0 aliphatic carbocycles. The normalized spacial score (nSPS) is 16.9. The summed E-state index contributed by atoms with van der Waals surface area (Å²) in [7, 11) is 0. The van der Waals surface area contributed by atoms with Crippen molar-refractivity contribution in [1.82, 2.24) is 19.9 Å². The fraction of sp³-hybridized carbons (Fsp3) is 0.348. The van der Waals surface area contributed by atoms with E-state index in [-0.39, 0.29) is 24.6 Å². The summed E-state index contributed by atoms with van der Waals surface area (Å²) in [5.41, 5.74) is 1.73. The van der Waals surface area contributed by atoms with Crippen LogP contribution in [0.5, 0.6) is 11.5 Å². The maximum atomic E-state index is 13.9. The zero-order valence-corrected chi connectivity index (χ0v) is 17.9. The van der Waals surface area contributed by atoms with E-state index in [4.69, 9.17) is 14.0 Å². The van der Waals surface area contributed by atoms with E-state index in [0.29, 0.717) is 66.1 Å². The third-order valence-corrected chi connectivity index (χ3v) is 6.00. The number of benzene rings is 2. The average molecular weight is 438 g/mol. The number of carbonyl (C=O) groups is 1. The van der Waals surface area contributed by atoms with E-state index < -0.39 is 0 Å². The first-order chi connectivity index (χ1) is 15.5. The molecule has 1 atom stereocenters. The number of nitrogens with zero attached hydrogens (tertiary/aromatic N) is 4. The number of amides is 1. The van der Waals surface area contributed by atoms with Gasteiger partial charge in [0.15, 0.2) is 11.5 Å². The first-order valence-corrected chi connectivity index (χ1v) is 10.5. The molecule has 3 aromatic rings. The molecule has 1 aromatic heterocycles. The summed E-state index contributed by atoms with van der Waals surface area (Å²) < 4.78 is 30.0. The lowest BCUT2D eigenvalue weighted by molar-refractivity contribution is 0.0551. The van der Waals surface area contributed by atoms with Crippen LogP contribution in [0.15, 0.2) is 40.9 Å². The molecule has 2 aliphatic rings. The first kappa shape index (κ1) is 20.4. The van der Waals surface area contributed by atoms with Gasteiger partial charge in [-0.25, -0.2) is 4.39 Å². The van der Waals surface area contributed by atoms with Crippen LogP contribution in [0.2, 0.25) is 0 Å². The summed E-state index contributed by atoms with van der Waals surface area (Å²) in [6, 6.07) is 10.0. The van der Waals surface area contributed by atoms with Gasteiger partial charge in [0.05, 0.1) is 6.04 Å². The van der Waals surface area contributed by atoms with Crippen LogP contribution in [0.3, 0.4) is 0 Å². The Morgan fingerprint density at radius 2 is 1.84 bits per heavy atom. The van der Waals surface area contributed by atoms with E-state index in [0.717, 1.165) is 0 Å². The predicted molar refractivity (Wildman–Crippen MR) is 113 cm³/mol. The summed E-state index contributed by atoms with van der Waals surface area (Å²) in [5.74, 6) is 1.76. The van der Waals surface area contributed by atoms with Crippen LogP contribution >= 0.6 is 0 Å². The number of aromatic nitrogens is 2. The number of ether oxygens (including phenoxy) is 2. The molecule has 1 amide bonds. The minimum atomic E-state index is -0.301. The lowest BCUT2D eigenvalue weighted by atomic mass is 10.1. The third-order valence-electron chi connectivity index (χ3n) is 6.00. The monoisotopic (exact) mass is 438 g/mol. The Morgan fingerprint density at radius 3 is 2.62 bits per heavy atom. The van der Waals surface area contributed by atoms with E-state index in [2.05, 4.69) is 15.0 Å². The van der Waals surface area contributed by atoms with Crippen LogP contribution < -0.4 is 9.47 Å². The van der Waals surface area contributed by atoms with E-state index in [9.17, 15) is 9.18 Å². The lowest BCUT2D eigenvalue weighted by Gasteiger charge is -2.36. The first-order valence-electron chi connectivity index (χ1n) is 10.5. The molecule has 0 bridgehead atoms. The van der Waals surface area contributed by atoms with Crippen molar-refractivity contribution in [2.45, 2.75) is 19.9 Å². The number of piperazine rings is 1. The highest BCUT2D eigenvalue weighted by Crippen LogP contribution is 2.33. The Bertz CT molecular complexity index is 1160. The SMILES string of the molecule is Cc1ccc(-c2noc(C(C)N3CCN(C(=O)c4ccc5c(c4)OCO5)CC3)n2)cc1F. The number of rotatable bonds is 4. The zero-order chi connectivity index (χ0) is 22.2. The zero-order valence-electron chi connectivity index (χ0n) is 17.9. The van der Waals surface area contributed by atoms with Crippen LogP contribution in [0, 0.1) is 12.7 Å². The van der Waals surface area contributed by atoms with Gasteiger partial charge in [0, 0.05) is 37.3 Å². The second-order valence-corrected chi connectivity index (χ2v) is 7.99. The minimum absolute atomic E-state index is 0.0305. The van der Waals surface area contributed by atoms with Crippen molar-refractivity contribution in [1.29, 1.82) is 0 Å². The molecule has 32 heavy (non-hydrogen) atoms. The van der Waals surface area contributed by atoms with Crippen LogP contribution in [0.4, 0.5) is 4.39 Å². The molecule has 0 spiro atoms. The van der Waals surface area contributed by atoms with E-state index in [1.807, 2.05) is 11.8 Å². The van der Waals surface area contributed by atoms with Crippen LogP contribution in [-0.4, -0.2) is 58.8 Å². The maximum Gasteiger partial charge on any atom is 0.254 e. The number of carbonyl (C=O) groups excluding carboxylic acids is 1. The molecule has 1 saturated heterocycles. The summed E-state index contributed by atoms with van der Waals surface area (Å²) in [4.78, 5) is 21.4. The van der Waals surface area contributed by atoms with Crippen LogP contribution in [-0.2, 0) is 0 Å². The molecule has 5 rings (SSSR count). The number of halogens is 1. The molecule has 2 aromatic carbocycles. The Kier molecular flexibility index (Phi) is 5.26. The molecular weight excluding hydrogens is 415 g/mol. The second-order valence-electron chi connectivity index (χ2n) is 7.99. The highest BCUT2D eigenvalue weighted by molar-refractivity contribution is 5.95. The number of aryl methyl sites for hydroxylation is 1. The summed E-state index contributed by atoms with van der Waals surface area (Å²) in [6.07, 6.45) is 0. The van der Waals surface area contributed by atoms with Gasteiger partial charge in [0.25, 0.3) is 5.91 Å². The number of hydrogen-bond donors (Lipinski definition) is 0. The van der Waals surface area contributed by atoms with Crippen molar-refractivity contribution in [2.75, 3.05) is 33.0 Å². The van der Waals surface area contributed by atoms with Crippen molar-refractivity contribution in [3.8, 4) is 22.9 Å². The summed E-state index contributed by atoms with van der Waals surface area (Å²) in [5, 5.41) is 4.02. The molecule has 1 unspecified atom stereocenters. The number of hydrogen-bond acceptors (Lipinski definition) is 7. The molecule has 3 heterocycles. The van der Waals surface area contributed by atoms with Crippen molar-refractivity contribution in [3.05, 3.63) is 59.2 Å². The highest BCUT2D eigenvalue weighted by atomic mass is 19.1. The van der Waals surface area contributed by atoms with Gasteiger partial charge >= 0.3 is 0 Å². The molecule has 1 fully saturated rings. The fourth-order valence-electron chi connectivity index (χ4n) is 3.93. The Labute approximate surface area is 184 Å². The standard InChI is InChI=1S/C23H23FN4O4/c1-14-3-4-16(11-18(14)24)21-25-22(32-26-21)15(2)27-7-9-28(10-8-27)23(29)17-5-6-19-20(12-17)31-13-30-19/h3-6,11-12,15H,7-10,13H2,1-2H3.